The molecule has 0 aromatic heterocycles. The zero-order chi connectivity index (χ0) is 13.6. The normalized spacial score (nSPS) is 11.6. The minimum atomic E-state index is -0.415. The summed E-state index contributed by atoms with van der Waals surface area (Å²) in [7, 11) is 0. The van der Waals surface area contributed by atoms with Crippen LogP contribution < -0.4 is 0 Å². The van der Waals surface area contributed by atoms with Gasteiger partial charge in [0.05, 0.1) is 0 Å². The Morgan fingerprint density at radius 1 is 1.22 bits per heavy atom. The third kappa shape index (κ3) is 3.67. The van der Waals surface area contributed by atoms with E-state index in [1.165, 1.54) is 19.3 Å². The van der Waals surface area contributed by atoms with E-state index in [2.05, 4.69) is 20.8 Å². The molecule has 1 rings (SSSR count). The Hall–Kier alpha value is -1.15. The van der Waals surface area contributed by atoms with Gasteiger partial charge in [0.25, 0.3) is 0 Å². The SMILES string of the molecule is CCCCCC(C)(C)c1ccccc1C(=O)CO. The fourth-order valence-corrected chi connectivity index (χ4v) is 2.35. The fourth-order valence-electron chi connectivity index (χ4n) is 2.35. The van der Waals surface area contributed by atoms with Gasteiger partial charge in [-0.15, -0.1) is 0 Å². The summed E-state index contributed by atoms with van der Waals surface area (Å²) in [6.45, 7) is 6.12. The molecule has 0 fully saturated rings. The van der Waals surface area contributed by atoms with Crippen LogP contribution in [0.3, 0.4) is 0 Å². The Balaban J connectivity index is 2.96. The van der Waals surface area contributed by atoms with E-state index in [1.807, 2.05) is 24.3 Å². The van der Waals surface area contributed by atoms with Gasteiger partial charge >= 0.3 is 0 Å². The second kappa shape index (κ2) is 6.69. The summed E-state index contributed by atoms with van der Waals surface area (Å²) in [5.74, 6) is -0.186. The number of unbranched alkanes of at least 4 members (excludes halogenated alkanes) is 2. The van der Waals surface area contributed by atoms with Crippen LogP contribution in [0.4, 0.5) is 0 Å². The lowest BCUT2D eigenvalue weighted by atomic mass is 9.77. The van der Waals surface area contributed by atoms with Gasteiger partial charge in [0, 0.05) is 5.56 Å². The molecule has 0 heterocycles. The van der Waals surface area contributed by atoms with Gasteiger partial charge < -0.3 is 5.11 Å². The van der Waals surface area contributed by atoms with Crippen LogP contribution in [-0.4, -0.2) is 17.5 Å². The summed E-state index contributed by atoms with van der Waals surface area (Å²) in [4.78, 5) is 11.8. The topological polar surface area (TPSA) is 37.3 Å². The van der Waals surface area contributed by atoms with Gasteiger partial charge in [-0.25, -0.2) is 0 Å². The highest BCUT2D eigenvalue weighted by Crippen LogP contribution is 2.31. The molecule has 18 heavy (non-hydrogen) atoms. The minimum Gasteiger partial charge on any atom is -0.388 e. The molecule has 1 aromatic carbocycles. The van der Waals surface area contributed by atoms with Crippen LogP contribution in [0, 0.1) is 0 Å². The number of Topliss-reactive ketones (excluding diaryl/α,β-unsaturated/α-hetero) is 1. The van der Waals surface area contributed by atoms with Crippen molar-refractivity contribution in [1.29, 1.82) is 0 Å². The molecule has 0 aliphatic carbocycles. The van der Waals surface area contributed by atoms with E-state index in [1.54, 1.807) is 0 Å². The van der Waals surface area contributed by atoms with Crippen LogP contribution in [0.5, 0.6) is 0 Å². The van der Waals surface area contributed by atoms with Crippen molar-refractivity contribution in [3.63, 3.8) is 0 Å². The molecule has 0 saturated carbocycles. The second-order valence-electron chi connectivity index (χ2n) is 5.47. The van der Waals surface area contributed by atoms with Crippen molar-refractivity contribution in [2.75, 3.05) is 6.61 Å². The fraction of sp³-hybridized carbons (Fsp3) is 0.562. The number of aliphatic hydroxyl groups is 1. The van der Waals surface area contributed by atoms with Crippen molar-refractivity contribution < 1.29 is 9.90 Å². The van der Waals surface area contributed by atoms with Gasteiger partial charge in [-0.1, -0.05) is 64.3 Å². The zero-order valence-electron chi connectivity index (χ0n) is 11.7. The van der Waals surface area contributed by atoms with E-state index >= 15 is 0 Å². The highest BCUT2D eigenvalue weighted by atomic mass is 16.3. The van der Waals surface area contributed by atoms with Crippen LogP contribution >= 0.6 is 0 Å². The Morgan fingerprint density at radius 2 is 1.89 bits per heavy atom. The highest BCUT2D eigenvalue weighted by Gasteiger charge is 2.24. The number of hydrogen-bond acceptors (Lipinski definition) is 2. The van der Waals surface area contributed by atoms with E-state index in [0.717, 1.165) is 12.0 Å². The van der Waals surface area contributed by atoms with Crippen molar-refractivity contribution in [2.24, 2.45) is 0 Å². The van der Waals surface area contributed by atoms with E-state index in [4.69, 9.17) is 5.11 Å². The summed E-state index contributed by atoms with van der Waals surface area (Å²) in [6.07, 6.45) is 4.66. The first-order valence-corrected chi connectivity index (χ1v) is 6.76. The summed E-state index contributed by atoms with van der Waals surface area (Å²) >= 11 is 0. The number of carbonyl (C=O) groups is 1. The van der Waals surface area contributed by atoms with Crippen LogP contribution in [0.2, 0.25) is 0 Å². The highest BCUT2D eigenvalue weighted by molar-refractivity contribution is 5.98. The largest absolute Gasteiger partial charge is 0.388 e. The van der Waals surface area contributed by atoms with Crippen LogP contribution in [0.15, 0.2) is 24.3 Å². The first-order valence-electron chi connectivity index (χ1n) is 6.76. The molecule has 0 atom stereocenters. The molecule has 2 heteroatoms. The molecule has 0 spiro atoms. The lowest BCUT2D eigenvalue weighted by Crippen LogP contribution is -2.22. The summed E-state index contributed by atoms with van der Waals surface area (Å²) in [5.41, 5.74) is 1.71. The molecule has 0 amide bonds. The lowest BCUT2D eigenvalue weighted by Gasteiger charge is -2.27. The molecule has 2 nitrogen and oxygen atoms in total. The lowest BCUT2D eigenvalue weighted by molar-refractivity contribution is 0.0901. The van der Waals surface area contributed by atoms with Crippen molar-refractivity contribution >= 4 is 5.78 Å². The molecule has 0 radical (unpaired) electrons. The number of benzene rings is 1. The molecule has 0 aliphatic rings. The van der Waals surface area contributed by atoms with Crippen LogP contribution in [0.25, 0.3) is 0 Å². The summed E-state index contributed by atoms with van der Waals surface area (Å²) in [6, 6.07) is 7.64. The molecule has 0 bridgehead atoms. The van der Waals surface area contributed by atoms with E-state index < -0.39 is 6.61 Å². The van der Waals surface area contributed by atoms with Crippen LogP contribution in [-0.2, 0) is 5.41 Å². The predicted molar refractivity (Wildman–Crippen MR) is 75.0 cm³/mol. The number of hydrogen-bond donors (Lipinski definition) is 1. The maximum Gasteiger partial charge on any atom is 0.188 e. The van der Waals surface area contributed by atoms with E-state index in [0.29, 0.717) is 5.56 Å². The van der Waals surface area contributed by atoms with Gasteiger partial charge in [-0.2, -0.15) is 0 Å². The van der Waals surface area contributed by atoms with E-state index in [9.17, 15) is 4.79 Å². The van der Waals surface area contributed by atoms with Crippen molar-refractivity contribution in [1.82, 2.24) is 0 Å². The van der Waals surface area contributed by atoms with Crippen molar-refractivity contribution in [2.45, 2.75) is 51.9 Å². The summed E-state index contributed by atoms with van der Waals surface area (Å²) in [5, 5.41) is 9.04. The Kier molecular flexibility index (Phi) is 5.54. The second-order valence-corrected chi connectivity index (χ2v) is 5.47. The molecular weight excluding hydrogens is 224 g/mol. The first-order chi connectivity index (χ1) is 8.53. The molecular formula is C16H24O2. The zero-order valence-corrected chi connectivity index (χ0v) is 11.7. The average Bonchev–Trinajstić information content (AvgIpc) is 2.38. The van der Waals surface area contributed by atoms with Gasteiger partial charge in [0.2, 0.25) is 0 Å². The van der Waals surface area contributed by atoms with Gasteiger partial charge in [-0.3, -0.25) is 4.79 Å². The molecule has 1 N–H and O–H groups in total. The Labute approximate surface area is 110 Å². The molecule has 0 unspecified atom stereocenters. The average molecular weight is 248 g/mol. The third-order valence-electron chi connectivity index (χ3n) is 3.51. The van der Waals surface area contributed by atoms with Gasteiger partial charge in [-0.05, 0) is 17.4 Å². The summed E-state index contributed by atoms with van der Waals surface area (Å²) < 4.78 is 0. The number of carbonyl (C=O) groups excluding carboxylic acids is 1. The molecule has 0 aliphatic heterocycles. The molecule has 1 aromatic rings. The van der Waals surface area contributed by atoms with Gasteiger partial charge in [0.15, 0.2) is 5.78 Å². The number of ketones is 1. The van der Waals surface area contributed by atoms with Gasteiger partial charge in [0.1, 0.15) is 6.61 Å². The Morgan fingerprint density at radius 3 is 2.50 bits per heavy atom. The predicted octanol–water partition coefficient (Wildman–Crippen LogP) is 3.72. The molecule has 0 saturated heterocycles. The standard InChI is InChI=1S/C16H24O2/c1-4-5-8-11-16(2,3)14-10-7-6-9-13(14)15(18)12-17/h6-7,9-10,17H,4-5,8,11-12H2,1-3H3. The first kappa shape index (κ1) is 14.9. The number of aliphatic hydroxyl groups excluding tert-OH is 1. The minimum absolute atomic E-state index is 0.0173. The van der Waals surface area contributed by atoms with Crippen LogP contribution in [0.1, 0.15) is 62.4 Å². The monoisotopic (exact) mass is 248 g/mol. The maximum atomic E-state index is 11.8. The molecule has 100 valence electrons. The smallest absolute Gasteiger partial charge is 0.188 e. The van der Waals surface area contributed by atoms with E-state index in [-0.39, 0.29) is 11.2 Å². The van der Waals surface area contributed by atoms with Crippen molar-refractivity contribution in [3.05, 3.63) is 35.4 Å². The van der Waals surface area contributed by atoms with Crippen molar-refractivity contribution in [3.8, 4) is 0 Å². The maximum absolute atomic E-state index is 11.8. The quantitative estimate of drug-likeness (QED) is 0.590. The Bertz CT molecular complexity index is 394. The number of rotatable bonds is 7. The third-order valence-corrected chi connectivity index (χ3v) is 3.51.